The van der Waals surface area contributed by atoms with Crippen LogP contribution in [0, 0.1) is 6.92 Å². The second kappa shape index (κ2) is 9.36. The Bertz CT molecular complexity index is 1340. The molecule has 2 N–H and O–H groups in total. The number of carbonyl (C=O) groups excluding carboxylic acids is 1. The Morgan fingerprint density at radius 3 is 2.45 bits per heavy atom. The van der Waals surface area contributed by atoms with Gasteiger partial charge in [-0.05, 0) is 68.0 Å². The standard InChI is InChI=1S/C24H28N4O4S/c1-17-23(24(30)28(27(17)2)20-10-4-3-5-11-20)26-22(29)14-15-25-33(31,32)21-13-12-18-8-6-7-9-19(18)16-21/h3-5,10-13,16,25H,6-9,14-15H2,1-2H3,(H,26,29). The lowest BCUT2D eigenvalue weighted by Crippen LogP contribution is -2.29. The molecule has 3 aromatic rings. The molecule has 0 atom stereocenters. The van der Waals surface area contributed by atoms with Gasteiger partial charge in [-0.15, -0.1) is 0 Å². The van der Waals surface area contributed by atoms with Gasteiger partial charge in [-0.3, -0.25) is 14.3 Å². The number of aromatic nitrogens is 2. The smallest absolute Gasteiger partial charge is 0.295 e. The fraction of sp³-hybridized carbons (Fsp3) is 0.333. The van der Waals surface area contributed by atoms with Crippen LogP contribution in [0.1, 0.15) is 36.1 Å². The lowest BCUT2D eigenvalue weighted by atomic mass is 9.92. The molecule has 1 aliphatic carbocycles. The molecule has 174 valence electrons. The fourth-order valence-corrected chi connectivity index (χ4v) is 5.26. The van der Waals surface area contributed by atoms with Gasteiger partial charge in [0.2, 0.25) is 15.9 Å². The molecule has 1 aromatic heterocycles. The van der Waals surface area contributed by atoms with E-state index in [-0.39, 0.29) is 29.1 Å². The summed E-state index contributed by atoms with van der Waals surface area (Å²) in [5.41, 5.74) is 3.42. The number of hydrogen-bond donors (Lipinski definition) is 2. The molecule has 2 aromatic carbocycles. The molecule has 1 heterocycles. The summed E-state index contributed by atoms with van der Waals surface area (Å²) < 4.78 is 31.0. The quantitative estimate of drug-likeness (QED) is 0.557. The van der Waals surface area contributed by atoms with Crippen LogP contribution in [-0.4, -0.2) is 30.2 Å². The van der Waals surface area contributed by atoms with Crippen LogP contribution in [-0.2, 0) is 34.7 Å². The first-order chi connectivity index (χ1) is 15.8. The van der Waals surface area contributed by atoms with Crippen molar-refractivity contribution < 1.29 is 13.2 Å². The summed E-state index contributed by atoms with van der Waals surface area (Å²) in [7, 11) is -1.98. The lowest BCUT2D eigenvalue weighted by Gasteiger charge is -2.16. The van der Waals surface area contributed by atoms with Crippen molar-refractivity contribution in [1.29, 1.82) is 0 Å². The molecule has 8 nitrogen and oxygen atoms in total. The van der Waals surface area contributed by atoms with Crippen molar-refractivity contribution in [3.63, 3.8) is 0 Å². The van der Waals surface area contributed by atoms with Crippen LogP contribution in [0.4, 0.5) is 5.69 Å². The third-order valence-corrected chi connectivity index (χ3v) is 7.55. The van der Waals surface area contributed by atoms with Crippen LogP contribution in [0.3, 0.4) is 0 Å². The molecule has 4 rings (SSSR count). The molecule has 33 heavy (non-hydrogen) atoms. The molecule has 0 aliphatic heterocycles. The van der Waals surface area contributed by atoms with Crippen molar-refractivity contribution in [2.45, 2.75) is 43.9 Å². The zero-order valence-corrected chi connectivity index (χ0v) is 19.6. The highest BCUT2D eigenvalue weighted by Gasteiger charge is 2.20. The van der Waals surface area contributed by atoms with E-state index in [1.54, 1.807) is 30.8 Å². The number of sulfonamides is 1. The summed E-state index contributed by atoms with van der Waals surface area (Å²) in [4.78, 5) is 25.6. The average Bonchev–Trinajstić information content (AvgIpc) is 3.02. The number of para-hydroxylation sites is 1. The van der Waals surface area contributed by atoms with E-state index < -0.39 is 15.9 Å². The van der Waals surface area contributed by atoms with E-state index in [1.807, 2.05) is 36.4 Å². The first-order valence-electron chi connectivity index (χ1n) is 11.0. The zero-order chi connectivity index (χ0) is 23.6. The monoisotopic (exact) mass is 468 g/mol. The van der Waals surface area contributed by atoms with E-state index in [9.17, 15) is 18.0 Å². The third-order valence-electron chi connectivity index (χ3n) is 6.09. The third kappa shape index (κ3) is 4.79. The Labute approximate surface area is 193 Å². The Morgan fingerprint density at radius 2 is 1.73 bits per heavy atom. The van der Waals surface area contributed by atoms with Crippen molar-refractivity contribution in [1.82, 2.24) is 14.1 Å². The molecule has 9 heteroatoms. The first-order valence-corrected chi connectivity index (χ1v) is 12.5. The predicted molar refractivity (Wildman–Crippen MR) is 127 cm³/mol. The number of carbonyl (C=O) groups is 1. The molecule has 0 unspecified atom stereocenters. The van der Waals surface area contributed by atoms with E-state index in [2.05, 4.69) is 10.0 Å². The highest BCUT2D eigenvalue weighted by molar-refractivity contribution is 7.89. The number of nitrogens with zero attached hydrogens (tertiary/aromatic N) is 2. The van der Waals surface area contributed by atoms with Crippen molar-refractivity contribution >= 4 is 21.6 Å². The molecular formula is C24H28N4O4S. The Hall–Kier alpha value is -3.17. The molecule has 1 aliphatic rings. The number of nitrogens with one attached hydrogen (secondary N) is 2. The molecule has 0 radical (unpaired) electrons. The van der Waals surface area contributed by atoms with E-state index >= 15 is 0 Å². The minimum absolute atomic E-state index is 0.0655. The maximum atomic E-state index is 12.9. The topological polar surface area (TPSA) is 102 Å². The Morgan fingerprint density at radius 1 is 1.03 bits per heavy atom. The number of fused-ring (bicyclic) bond motifs is 1. The van der Waals surface area contributed by atoms with E-state index in [0.29, 0.717) is 11.4 Å². The Balaban J connectivity index is 1.41. The second-order valence-corrected chi connectivity index (χ2v) is 10.0. The zero-order valence-electron chi connectivity index (χ0n) is 18.8. The summed E-state index contributed by atoms with van der Waals surface area (Å²) >= 11 is 0. The van der Waals surface area contributed by atoms with Crippen LogP contribution in [0.15, 0.2) is 58.2 Å². The highest BCUT2D eigenvalue weighted by Crippen LogP contribution is 2.24. The Kier molecular flexibility index (Phi) is 6.53. The molecular weight excluding hydrogens is 440 g/mol. The summed E-state index contributed by atoms with van der Waals surface area (Å²) in [6.07, 6.45) is 3.97. The van der Waals surface area contributed by atoms with Gasteiger partial charge >= 0.3 is 0 Å². The summed E-state index contributed by atoms with van der Waals surface area (Å²) in [6, 6.07) is 14.4. The predicted octanol–water partition coefficient (Wildman–Crippen LogP) is 2.67. The average molecular weight is 469 g/mol. The molecule has 0 saturated heterocycles. The fourth-order valence-electron chi connectivity index (χ4n) is 4.17. The van der Waals surface area contributed by atoms with Gasteiger partial charge < -0.3 is 5.32 Å². The van der Waals surface area contributed by atoms with Gasteiger partial charge in [-0.25, -0.2) is 17.8 Å². The second-order valence-electron chi connectivity index (χ2n) is 8.27. The van der Waals surface area contributed by atoms with Gasteiger partial charge in [0.05, 0.1) is 16.3 Å². The van der Waals surface area contributed by atoms with Crippen molar-refractivity contribution in [2.75, 3.05) is 11.9 Å². The largest absolute Gasteiger partial charge is 0.320 e. The number of anilines is 1. The van der Waals surface area contributed by atoms with Gasteiger partial charge in [0.25, 0.3) is 5.56 Å². The molecule has 1 amide bonds. The number of hydrogen-bond acceptors (Lipinski definition) is 4. The lowest BCUT2D eigenvalue weighted by molar-refractivity contribution is -0.116. The summed E-state index contributed by atoms with van der Waals surface area (Å²) in [6.45, 7) is 1.68. The van der Waals surface area contributed by atoms with Crippen LogP contribution < -0.4 is 15.6 Å². The SMILES string of the molecule is Cc1c(NC(=O)CCNS(=O)(=O)c2ccc3c(c2)CCCC3)c(=O)n(-c2ccccc2)n1C. The van der Waals surface area contributed by atoms with Crippen molar-refractivity contribution in [3.8, 4) is 5.69 Å². The normalized spacial score (nSPS) is 13.5. The molecule has 0 fully saturated rings. The first kappa shape index (κ1) is 23.0. The van der Waals surface area contributed by atoms with Crippen LogP contribution in [0.5, 0.6) is 0 Å². The molecule has 0 spiro atoms. The van der Waals surface area contributed by atoms with E-state index in [1.165, 1.54) is 10.2 Å². The van der Waals surface area contributed by atoms with Gasteiger partial charge in [0.1, 0.15) is 5.69 Å². The van der Waals surface area contributed by atoms with Crippen LogP contribution in [0.2, 0.25) is 0 Å². The minimum Gasteiger partial charge on any atom is -0.320 e. The van der Waals surface area contributed by atoms with Gasteiger partial charge in [-0.2, -0.15) is 0 Å². The van der Waals surface area contributed by atoms with Gasteiger partial charge in [-0.1, -0.05) is 24.3 Å². The van der Waals surface area contributed by atoms with Crippen molar-refractivity contribution in [3.05, 3.63) is 75.7 Å². The van der Waals surface area contributed by atoms with Gasteiger partial charge in [0, 0.05) is 20.0 Å². The van der Waals surface area contributed by atoms with Crippen LogP contribution in [0.25, 0.3) is 5.69 Å². The molecule has 0 bridgehead atoms. The maximum Gasteiger partial charge on any atom is 0.295 e. The summed E-state index contributed by atoms with van der Waals surface area (Å²) in [5.74, 6) is -0.436. The summed E-state index contributed by atoms with van der Waals surface area (Å²) in [5, 5.41) is 2.65. The number of aryl methyl sites for hydroxylation is 2. The highest BCUT2D eigenvalue weighted by atomic mass is 32.2. The van der Waals surface area contributed by atoms with E-state index in [0.717, 1.165) is 31.2 Å². The molecule has 0 saturated carbocycles. The van der Waals surface area contributed by atoms with E-state index in [4.69, 9.17) is 0 Å². The van der Waals surface area contributed by atoms with Gasteiger partial charge in [0.15, 0.2) is 0 Å². The number of amides is 1. The number of rotatable bonds is 7. The van der Waals surface area contributed by atoms with Crippen LogP contribution >= 0.6 is 0 Å². The van der Waals surface area contributed by atoms with Crippen molar-refractivity contribution in [2.24, 2.45) is 7.05 Å². The maximum absolute atomic E-state index is 12.9. The number of benzene rings is 2. The minimum atomic E-state index is -3.72.